The maximum Gasteiger partial charge on any atom is 0.211 e. The van der Waals surface area contributed by atoms with Gasteiger partial charge < -0.3 is 5.32 Å². The highest BCUT2D eigenvalue weighted by molar-refractivity contribution is 7.89. The van der Waals surface area contributed by atoms with Crippen molar-refractivity contribution in [3.8, 4) is 0 Å². The fraction of sp³-hybridized carbons (Fsp3) is 1.00. The maximum atomic E-state index is 12.1. The molecule has 5 heteroatoms. The molecule has 0 aromatic rings. The first-order valence-electron chi connectivity index (χ1n) is 8.39. The van der Waals surface area contributed by atoms with Crippen LogP contribution in [0.15, 0.2) is 0 Å². The fourth-order valence-corrected chi connectivity index (χ4v) is 4.34. The topological polar surface area (TPSA) is 58.2 Å². The van der Waals surface area contributed by atoms with E-state index in [0.717, 1.165) is 38.3 Å². The van der Waals surface area contributed by atoms with E-state index < -0.39 is 10.0 Å². The lowest BCUT2D eigenvalue weighted by Gasteiger charge is -2.20. The SMILES string of the molecule is O=S(=O)(CCCCNC1CC1)NC1CCCCCCC1. The fourth-order valence-electron chi connectivity index (χ4n) is 2.90. The molecule has 0 radical (unpaired) electrons. The van der Waals surface area contributed by atoms with Crippen molar-refractivity contribution >= 4 is 10.0 Å². The Labute approximate surface area is 124 Å². The van der Waals surface area contributed by atoms with E-state index in [1.54, 1.807) is 0 Å². The Bertz CT molecular complexity index is 358. The molecule has 2 saturated carbocycles. The Morgan fingerprint density at radius 3 is 2.10 bits per heavy atom. The van der Waals surface area contributed by atoms with Gasteiger partial charge in [0, 0.05) is 12.1 Å². The Morgan fingerprint density at radius 1 is 0.800 bits per heavy atom. The first-order chi connectivity index (χ1) is 9.66. The number of hydrogen-bond acceptors (Lipinski definition) is 3. The third-order valence-corrected chi connectivity index (χ3v) is 5.82. The molecule has 0 amide bonds. The van der Waals surface area contributed by atoms with E-state index in [1.165, 1.54) is 44.9 Å². The molecule has 118 valence electrons. The van der Waals surface area contributed by atoms with Crippen molar-refractivity contribution in [2.24, 2.45) is 0 Å². The molecule has 20 heavy (non-hydrogen) atoms. The van der Waals surface area contributed by atoms with Crippen molar-refractivity contribution in [1.82, 2.24) is 10.0 Å². The molecule has 2 N–H and O–H groups in total. The van der Waals surface area contributed by atoms with Crippen LogP contribution < -0.4 is 10.0 Å². The van der Waals surface area contributed by atoms with Gasteiger partial charge in [-0.15, -0.1) is 0 Å². The molecule has 0 aromatic carbocycles. The van der Waals surface area contributed by atoms with Crippen molar-refractivity contribution in [3.05, 3.63) is 0 Å². The Morgan fingerprint density at radius 2 is 1.45 bits per heavy atom. The lowest BCUT2D eigenvalue weighted by Crippen LogP contribution is -2.36. The van der Waals surface area contributed by atoms with Crippen LogP contribution in [-0.4, -0.2) is 32.8 Å². The van der Waals surface area contributed by atoms with Gasteiger partial charge in [-0.2, -0.15) is 0 Å². The molecule has 2 aliphatic carbocycles. The molecule has 0 unspecified atom stereocenters. The van der Waals surface area contributed by atoms with Crippen LogP contribution in [0.1, 0.15) is 70.6 Å². The van der Waals surface area contributed by atoms with Crippen LogP contribution in [0, 0.1) is 0 Å². The van der Waals surface area contributed by atoms with E-state index in [-0.39, 0.29) is 11.8 Å². The Hall–Kier alpha value is -0.130. The zero-order valence-electron chi connectivity index (χ0n) is 12.6. The second kappa shape index (κ2) is 8.35. The molecule has 2 rings (SSSR count). The van der Waals surface area contributed by atoms with Gasteiger partial charge in [0.2, 0.25) is 10.0 Å². The average Bonchev–Trinajstić information content (AvgIpc) is 3.16. The van der Waals surface area contributed by atoms with Crippen LogP contribution in [-0.2, 0) is 10.0 Å². The Balaban J connectivity index is 1.60. The Kier molecular flexibility index (Phi) is 6.78. The third-order valence-electron chi connectivity index (χ3n) is 4.30. The monoisotopic (exact) mass is 302 g/mol. The molecular weight excluding hydrogens is 272 g/mol. The summed E-state index contributed by atoms with van der Waals surface area (Å²) in [6.07, 6.45) is 12.5. The summed E-state index contributed by atoms with van der Waals surface area (Å²) in [4.78, 5) is 0. The zero-order valence-corrected chi connectivity index (χ0v) is 13.4. The van der Waals surface area contributed by atoms with E-state index in [1.807, 2.05) is 0 Å². The van der Waals surface area contributed by atoms with E-state index >= 15 is 0 Å². The number of nitrogens with one attached hydrogen (secondary N) is 2. The van der Waals surface area contributed by atoms with E-state index in [0.29, 0.717) is 0 Å². The van der Waals surface area contributed by atoms with Gasteiger partial charge >= 0.3 is 0 Å². The number of unbranched alkanes of at least 4 members (excludes halogenated alkanes) is 1. The summed E-state index contributed by atoms with van der Waals surface area (Å²) in [5.41, 5.74) is 0. The van der Waals surface area contributed by atoms with Gasteiger partial charge in [-0.1, -0.05) is 32.1 Å². The molecule has 0 aliphatic heterocycles. The van der Waals surface area contributed by atoms with Crippen LogP contribution in [0.25, 0.3) is 0 Å². The van der Waals surface area contributed by atoms with Gasteiger partial charge in [0.15, 0.2) is 0 Å². The lowest BCUT2D eigenvalue weighted by molar-refractivity contribution is 0.426. The van der Waals surface area contributed by atoms with Gasteiger partial charge in [0.05, 0.1) is 5.75 Å². The van der Waals surface area contributed by atoms with Crippen LogP contribution in [0.2, 0.25) is 0 Å². The molecule has 0 bridgehead atoms. The summed E-state index contributed by atoms with van der Waals surface area (Å²) >= 11 is 0. The standard InChI is InChI=1S/C15H30N2O2S/c18-20(19,13-7-6-12-16-14-10-11-14)17-15-8-4-2-1-3-5-9-15/h14-17H,1-13H2. The molecule has 0 spiro atoms. The quantitative estimate of drug-likeness (QED) is 0.678. The largest absolute Gasteiger partial charge is 0.314 e. The second-order valence-electron chi connectivity index (χ2n) is 6.41. The van der Waals surface area contributed by atoms with E-state index in [2.05, 4.69) is 10.0 Å². The van der Waals surface area contributed by atoms with Crippen molar-refractivity contribution < 1.29 is 8.42 Å². The van der Waals surface area contributed by atoms with Crippen molar-refractivity contribution in [3.63, 3.8) is 0 Å². The summed E-state index contributed by atoms with van der Waals surface area (Å²) in [5.74, 6) is 0.288. The van der Waals surface area contributed by atoms with Crippen molar-refractivity contribution in [2.75, 3.05) is 12.3 Å². The molecule has 4 nitrogen and oxygen atoms in total. The molecule has 2 fully saturated rings. The summed E-state index contributed by atoms with van der Waals surface area (Å²) in [6, 6.07) is 0.907. The van der Waals surface area contributed by atoms with Gasteiger partial charge in [0.25, 0.3) is 0 Å². The van der Waals surface area contributed by atoms with E-state index in [9.17, 15) is 8.42 Å². The first-order valence-corrected chi connectivity index (χ1v) is 10.0. The van der Waals surface area contributed by atoms with Crippen LogP contribution in [0.4, 0.5) is 0 Å². The van der Waals surface area contributed by atoms with Crippen LogP contribution in [0.3, 0.4) is 0 Å². The number of rotatable bonds is 8. The predicted molar refractivity (Wildman–Crippen MR) is 83.3 cm³/mol. The first kappa shape index (κ1) is 16.2. The molecule has 0 heterocycles. The number of hydrogen-bond donors (Lipinski definition) is 2. The predicted octanol–water partition coefficient (Wildman–Crippen LogP) is 2.55. The highest BCUT2D eigenvalue weighted by Gasteiger charge is 2.20. The smallest absolute Gasteiger partial charge is 0.211 e. The van der Waals surface area contributed by atoms with Crippen LogP contribution in [0.5, 0.6) is 0 Å². The van der Waals surface area contributed by atoms with Gasteiger partial charge in [0.1, 0.15) is 0 Å². The van der Waals surface area contributed by atoms with Gasteiger partial charge in [-0.3, -0.25) is 0 Å². The number of sulfonamides is 1. The second-order valence-corrected chi connectivity index (χ2v) is 8.29. The minimum atomic E-state index is -3.07. The zero-order chi connectivity index (χ0) is 14.3. The minimum absolute atomic E-state index is 0.185. The molecular formula is C15H30N2O2S. The normalized spacial score (nSPS) is 22.4. The highest BCUT2D eigenvalue weighted by atomic mass is 32.2. The van der Waals surface area contributed by atoms with Crippen LogP contribution >= 0.6 is 0 Å². The highest BCUT2D eigenvalue weighted by Crippen LogP contribution is 2.19. The average molecular weight is 302 g/mol. The minimum Gasteiger partial charge on any atom is -0.314 e. The molecule has 0 saturated heterocycles. The summed E-state index contributed by atoms with van der Waals surface area (Å²) in [5, 5.41) is 3.42. The maximum absolute atomic E-state index is 12.1. The summed E-state index contributed by atoms with van der Waals surface area (Å²) in [6.45, 7) is 0.962. The van der Waals surface area contributed by atoms with Gasteiger partial charge in [-0.25, -0.2) is 13.1 Å². The molecule has 2 aliphatic rings. The molecule has 0 aromatic heterocycles. The van der Waals surface area contributed by atoms with Crippen molar-refractivity contribution in [2.45, 2.75) is 82.7 Å². The van der Waals surface area contributed by atoms with Crippen molar-refractivity contribution in [1.29, 1.82) is 0 Å². The van der Waals surface area contributed by atoms with E-state index in [4.69, 9.17) is 0 Å². The van der Waals surface area contributed by atoms with Gasteiger partial charge in [-0.05, 0) is 45.1 Å². The molecule has 0 atom stereocenters. The lowest BCUT2D eigenvalue weighted by atomic mass is 9.97. The summed E-state index contributed by atoms with van der Waals surface area (Å²) < 4.78 is 27.1. The third kappa shape index (κ3) is 7.04. The summed E-state index contributed by atoms with van der Waals surface area (Å²) in [7, 11) is -3.07.